The van der Waals surface area contributed by atoms with Crippen molar-refractivity contribution < 1.29 is 4.74 Å². The first-order chi connectivity index (χ1) is 8.21. The second-order valence-electron chi connectivity index (χ2n) is 3.94. The maximum atomic E-state index is 8.81. The molecule has 0 radical (unpaired) electrons. The summed E-state index contributed by atoms with van der Waals surface area (Å²) in [5, 5.41) is 12.2. The smallest absolute Gasteiger partial charge is 0.143 e. The Hall–Kier alpha value is -1.95. The molecule has 3 heteroatoms. The first-order valence-electron chi connectivity index (χ1n) is 5.66. The molecule has 0 fully saturated rings. The lowest BCUT2D eigenvalue weighted by Gasteiger charge is -2.17. The molecule has 0 aliphatic carbocycles. The van der Waals surface area contributed by atoms with Gasteiger partial charge in [0.1, 0.15) is 5.75 Å². The number of hydrogen-bond donors (Lipinski definition) is 1. The molecule has 0 saturated carbocycles. The van der Waals surface area contributed by atoms with Crippen molar-refractivity contribution in [2.75, 3.05) is 12.4 Å². The van der Waals surface area contributed by atoms with Crippen LogP contribution in [0, 0.1) is 11.3 Å². The fourth-order valence-electron chi connectivity index (χ4n) is 1.59. The zero-order valence-electron chi connectivity index (χ0n) is 10.4. The number of anilines is 1. The van der Waals surface area contributed by atoms with Crippen molar-refractivity contribution in [1.29, 1.82) is 5.26 Å². The largest absolute Gasteiger partial charge is 0.495 e. The summed E-state index contributed by atoms with van der Waals surface area (Å²) in [4.78, 5) is 0. The van der Waals surface area contributed by atoms with Gasteiger partial charge in [0.15, 0.2) is 0 Å². The van der Waals surface area contributed by atoms with Crippen LogP contribution in [0.1, 0.15) is 25.3 Å². The second kappa shape index (κ2) is 6.59. The third kappa shape index (κ3) is 3.84. The molecule has 0 aliphatic rings. The minimum Gasteiger partial charge on any atom is -0.495 e. The maximum Gasteiger partial charge on any atom is 0.143 e. The molecule has 1 aromatic rings. The molecular weight excluding hydrogens is 212 g/mol. The van der Waals surface area contributed by atoms with Crippen LogP contribution in [0.3, 0.4) is 0 Å². The van der Waals surface area contributed by atoms with E-state index in [1.165, 1.54) is 0 Å². The van der Waals surface area contributed by atoms with Gasteiger partial charge in [0.05, 0.1) is 24.4 Å². The Morgan fingerprint density at radius 1 is 1.59 bits per heavy atom. The van der Waals surface area contributed by atoms with Crippen LogP contribution >= 0.6 is 0 Å². The van der Waals surface area contributed by atoms with Crippen LogP contribution in [0.4, 0.5) is 5.69 Å². The summed E-state index contributed by atoms with van der Waals surface area (Å²) < 4.78 is 5.26. The van der Waals surface area contributed by atoms with Crippen molar-refractivity contribution in [3.05, 3.63) is 36.4 Å². The highest BCUT2D eigenvalue weighted by Gasteiger charge is 2.07. The van der Waals surface area contributed by atoms with E-state index in [4.69, 9.17) is 10.00 Å². The van der Waals surface area contributed by atoms with E-state index in [1.54, 1.807) is 19.2 Å². The molecule has 1 rings (SSSR count). The van der Waals surface area contributed by atoms with E-state index < -0.39 is 0 Å². The number of nitrogens with zero attached hydrogens (tertiary/aromatic N) is 1. The predicted octanol–water partition coefficient (Wildman–Crippen LogP) is 3.33. The van der Waals surface area contributed by atoms with Crippen LogP contribution in [-0.4, -0.2) is 13.2 Å². The Balaban J connectivity index is 2.76. The van der Waals surface area contributed by atoms with Crippen LogP contribution in [-0.2, 0) is 0 Å². The summed E-state index contributed by atoms with van der Waals surface area (Å²) in [7, 11) is 1.61. The molecular formula is C14H18N2O. The minimum absolute atomic E-state index is 0.342. The van der Waals surface area contributed by atoms with Crippen molar-refractivity contribution in [2.24, 2.45) is 0 Å². The summed E-state index contributed by atoms with van der Waals surface area (Å²) in [5.74, 6) is 0.703. The summed E-state index contributed by atoms with van der Waals surface area (Å²) >= 11 is 0. The van der Waals surface area contributed by atoms with Gasteiger partial charge in [-0.3, -0.25) is 0 Å². The number of allylic oxidation sites excluding steroid dienone is 1. The maximum absolute atomic E-state index is 8.81. The van der Waals surface area contributed by atoms with E-state index in [0.717, 1.165) is 18.5 Å². The zero-order chi connectivity index (χ0) is 12.7. The first-order valence-corrected chi connectivity index (χ1v) is 5.66. The molecule has 0 heterocycles. The molecule has 0 aromatic heterocycles. The lowest BCUT2D eigenvalue weighted by atomic mass is 10.1. The number of ether oxygens (including phenoxy) is 1. The van der Waals surface area contributed by atoms with E-state index in [9.17, 15) is 0 Å². The summed E-state index contributed by atoms with van der Waals surface area (Å²) in [5.41, 5.74) is 1.52. The summed E-state index contributed by atoms with van der Waals surface area (Å²) in [6.45, 7) is 5.82. The fourth-order valence-corrected chi connectivity index (χ4v) is 1.59. The van der Waals surface area contributed by atoms with E-state index in [1.807, 2.05) is 12.1 Å². The van der Waals surface area contributed by atoms with Crippen molar-refractivity contribution >= 4 is 5.69 Å². The predicted molar refractivity (Wildman–Crippen MR) is 70.2 cm³/mol. The Morgan fingerprint density at radius 3 is 2.94 bits per heavy atom. The van der Waals surface area contributed by atoms with Gasteiger partial charge >= 0.3 is 0 Å². The van der Waals surface area contributed by atoms with Crippen molar-refractivity contribution in [3.63, 3.8) is 0 Å². The van der Waals surface area contributed by atoms with Gasteiger partial charge in [-0.2, -0.15) is 5.26 Å². The molecule has 1 atom stereocenters. The van der Waals surface area contributed by atoms with Crippen LogP contribution < -0.4 is 10.1 Å². The molecule has 1 N–H and O–H groups in total. The highest BCUT2D eigenvalue weighted by Crippen LogP contribution is 2.26. The highest BCUT2D eigenvalue weighted by atomic mass is 16.5. The molecule has 0 aliphatic heterocycles. The Kier molecular flexibility index (Phi) is 5.09. The van der Waals surface area contributed by atoms with Gasteiger partial charge in [-0.25, -0.2) is 0 Å². The normalized spacial score (nSPS) is 11.4. The minimum atomic E-state index is 0.342. The molecule has 0 amide bonds. The van der Waals surface area contributed by atoms with Gasteiger partial charge < -0.3 is 10.1 Å². The van der Waals surface area contributed by atoms with Gasteiger partial charge in [0.25, 0.3) is 0 Å². The third-order valence-electron chi connectivity index (χ3n) is 2.54. The Morgan fingerprint density at radius 2 is 2.35 bits per heavy atom. The van der Waals surface area contributed by atoms with Crippen LogP contribution in [0.15, 0.2) is 30.9 Å². The van der Waals surface area contributed by atoms with Crippen molar-refractivity contribution in [3.8, 4) is 11.8 Å². The fraction of sp³-hybridized carbons (Fsp3) is 0.357. The van der Waals surface area contributed by atoms with Gasteiger partial charge in [0, 0.05) is 12.1 Å². The van der Waals surface area contributed by atoms with Crippen molar-refractivity contribution in [1.82, 2.24) is 0 Å². The quantitative estimate of drug-likeness (QED) is 0.762. The molecule has 1 aromatic carbocycles. The summed E-state index contributed by atoms with van der Waals surface area (Å²) in [6, 6.07) is 7.84. The van der Waals surface area contributed by atoms with E-state index >= 15 is 0 Å². The zero-order valence-corrected chi connectivity index (χ0v) is 10.4. The number of methoxy groups -OCH3 is 1. The van der Waals surface area contributed by atoms with Crippen molar-refractivity contribution in [2.45, 2.75) is 25.8 Å². The third-order valence-corrected chi connectivity index (χ3v) is 2.54. The summed E-state index contributed by atoms with van der Waals surface area (Å²) in [6.07, 6.45) is 3.91. The van der Waals surface area contributed by atoms with Gasteiger partial charge in [-0.15, -0.1) is 6.58 Å². The molecule has 90 valence electrons. The van der Waals surface area contributed by atoms with E-state index in [0.29, 0.717) is 17.4 Å². The van der Waals surface area contributed by atoms with Crippen LogP contribution in [0.2, 0.25) is 0 Å². The lowest BCUT2D eigenvalue weighted by Crippen LogP contribution is -2.15. The lowest BCUT2D eigenvalue weighted by molar-refractivity contribution is 0.416. The van der Waals surface area contributed by atoms with E-state index in [-0.39, 0.29) is 0 Å². The van der Waals surface area contributed by atoms with E-state index in [2.05, 4.69) is 24.9 Å². The molecule has 0 saturated heterocycles. The standard InChI is InChI=1S/C14H18N2O/c1-4-5-6-11(2)16-13-8-7-12(10-15)9-14(13)17-3/h4,7-9,11,16H,1,5-6H2,2-3H3. The Bertz CT molecular complexity index is 421. The first kappa shape index (κ1) is 13.1. The SMILES string of the molecule is C=CCCC(C)Nc1ccc(C#N)cc1OC. The average molecular weight is 230 g/mol. The topological polar surface area (TPSA) is 45.0 Å². The van der Waals surface area contributed by atoms with Gasteiger partial charge in [0.2, 0.25) is 0 Å². The van der Waals surface area contributed by atoms with Crippen LogP contribution in [0.5, 0.6) is 5.75 Å². The monoisotopic (exact) mass is 230 g/mol. The van der Waals surface area contributed by atoms with Gasteiger partial charge in [-0.1, -0.05) is 6.08 Å². The number of hydrogen-bond acceptors (Lipinski definition) is 3. The second-order valence-corrected chi connectivity index (χ2v) is 3.94. The number of benzene rings is 1. The van der Waals surface area contributed by atoms with Gasteiger partial charge in [-0.05, 0) is 31.9 Å². The van der Waals surface area contributed by atoms with Crippen LogP contribution in [0.25, 0.3) is 0 Å². The molecule has 1 unspecified atom stereocenters. The molecule has 0 bridgehead atoms. The Labute approximate surface area is 103 Å². The number of rotatable bonds is 6. The average Bonchev–Trinajstić information content (AvgIpc) is 2.36. The molecule has 0 spiro atoms. The number of nitrogens with one attached hydrogen (secondary N) is 1. The number of nitriles is 1. The molecule has 3 nitrogen and oxygen atoms in total. The molecule has 17 heavy (non-hydrogen) atoms. The highest BCUT2D eigenvalue weighted by molar-refractivity contribution is 5.59.